The van der Waals surface area contributed by atoms with Crippen LogP contribution in [0, 0.1) is 6.92 Å². The van der Waals surface area contributed by atoms with Crippen LogP contribution in [-0.4, -0.2) is 37.6 Å². The lowest BCUT2D eigenvalue weighted by Gasteiger charge is -2.19. The first-order valence-electron chi connectivity index (χ1n) is 8.52. The fourth-order valence-electron chi connectivity index (χ4n) is 3.32. The zero-order valence-electron chi connectivity index (χ0n) is 14.1. The molecule has 2 heterocycles. The molecule has 0 radical (unpaired) electrons. The van der Waals surface area contributed by atoms with Crippen molar-refractivity contribution in [2.75, 3.05) is 13.2 Å². The van der Waals surface area contributed by atoms with Crippen LogP contribution in [0.3, 0.4) is 0 Å². The Morgan fingerprint density at radius 3 is 2.48 bits per heavy atom. The van der Waals surface area contributed by atoms with Gasteiger partial charge in [-0.1, -0.05) is 48.0 Å². The molecule has 2 fully saturated rings. The topological polar surface area (TPSA) is 36.9 Å². The summed E-state index contributed by atoms with van der Waals surface area (Å²) in [5, 5.41) is 0.610. The number of hydrogen-bond acceptors (Lipinski definition) is 4. The monoisotopic (exact) mass is 360 g/mol. The molecule has 4 atom stereocenters. The van der Waals surface area contributed by atoms with Gasteiger partial charge < -0.3 is 18.9 Å². The Bertz CT molecular complexity index is 721. The number of benzene rings is 2. The Kier molecular flexibility index (Phi) is 4.95. The van der Waals surface area contributed by atoms with E-state index >= 15 is 0 Å². The maximum atomic E-state index is 6.27. The molecule has 0 aliphatic carbocycles. The lowest BCUT2D eigenvalue weighted by molar-refractivity contribution is -0.0425. The molecule has 0 saturated carbocycles. The van der Waals surface area contributed by atoms with Crippen LogP contribution >= 0.6 is 11.6 Å². The van der Waals surface area contributed by atoms with Crippen molar-refractivity contribution in [1.29, 1.82) is 0 Å². The number of hydrogen-bond donors (Lipinski definition) is 0. The van der Waals surface area contributed by atoms with E-state index in [1.807, 2.05) is 55.5 Å². The standard InChI is InChI=1S/C20H21ClO4/c1-13-7-8-16(15(21)9-13)25-18-12-24-19-17(11-23-20(18)19)22-10-14-5-3-2-4-6-14/h2-9,17-20H,10-12H2,1H3/t17-,18-,19?,20?/m0/s1. The van der Waals surface area contributed by atoms with E-state index in [-0.39, 0.29) is 24.4 Å². The van der Waals surface area contributed by atoms with Crippen LogP contribution in [0.5, 0.6) is 5.75 Å². The first kappa shape index (κ1) is 16.9. The summed E-state index contributed by atoms with van der Waals surface area (Å²) in [4.78, 5) is 0. The fraction of sp³-hybridized carbons (Fsp3) is 0.400. The van der Waals surface area contributed by atoms with Crippen LogP contribution < -0.4 is 4.74 Å². The SMILES string of the molecule is Cc1ccc(O[C@H]2COC3C2OC[C@@H]3OCc2ccccc2)c(Cl)c1. The molecule has 2 unspecified atom stereocenters. The molecule has 0 spiro atoms. The maximum absolute atomic E-state index is 6.27. The van der Waals surface area contributed by atoms with Crippen LogP contribution in [0.15, 0.2) is 48.5 Å². The first-order valence-corrected chi connectivity index (χ1v) is 8.90. The van der Waals surface area contributed by atoms with Gasteiger partial charge in [-0.2, -0.15) is 0 Å². The zero-order chi connectivity index (χ0) is 17.2. The predicted octanol–water partition coefficient (Wildman–Crippen LogP) is 3.78. The van der Waals surface area contributed by atoms with Gasteiger partial charge in [-0.05, 0) is 30.2 Å². The van der Waals surface area contributed by atoms with Gasteiger partial charge in [0.05, 0.1) is 24.8 Å². The summed E-state index contributed by atoms with van der Waals surface area (Å²) in [5.41, 5.74) is 2.24. The molecule has 2 aromatic rings. The Hall–Kier alpha value is -1.59. The first-order chi connectivity index (χ1) is 12.2. The molecular formula is C20H21ClO4. The quantitative estimate of drug-likeness (QED) is 0.813. The number of rotatable bonds is 5. The molecule has 2 aliphatic heterocycles. The normalized spacial score (nSPS) is 28.1. The third kappa shape index (κ3) is 3.67. The molecule has 0 aromatic heterocycles. The van der Waals surface area contributed by atoms with Crippen molar-refractivity contribution in [3.05, 3.63) is 64.7 Å². The van der Waals surface area contributed by atoms with Gasteiger partial charge in [-0.25, -0.2) is 0 Å². The third-order valence-corrected chi connectivity index (χ3v) is 4.93. The molecule has 2 saturated heterocycles. The van der Waals surface area contributed by atoms with Gasteiger partial charge >= 0.3 is 0 Å². The molecule has 4 rings (SSSR count). The summed E-state index contributed by atoms with van der Waals surface area (Å²) in [6.07, 6.45) is -0.473. The van der Waals surface area contributed by atoms with E-state index in [4.69, 9.17) is 30.5 Å². The Labute approximate surface area is 152 Å². The van der Waals surface area contributed by atoms with E-state index in [1.54, 1.807) is 0 Å². The maximum Gasteiger partial charge on any atom is 0.151 e. The van der Waals surface area contributed by atoms with E-state index in [0.717, 1.165) is 11.1 Å². The van der Waals surface area contributed by atoms with Crippen molar-refractivity contribution in [3.8, 4) is 5.75 Å². The van der Waals surface area contributed by atoms with E-state index in [2.05, 4.69) is 0 Å². The van der Waals surface area contributed by atoms with Gasteiger partial charge in [0.2, 0.25) is 0 Å². The zero-order valence-corrected chi connectivity index (χ0v) is 14.8. The van der Waals surface area contributed by atoms with Gasteiger partial charge in [-0.15, -0.1) is 0 Å². The second-order valence-electron chi connectivity index (χ2n) is 6.52. The Balaban J connectivity index is 1.36. The van der Waals surface area contributed by atoms with Crippen molar-refractivity contribution >= 4 is 11.6 Å². The van der Waals surface area contributed by atoms with Crippen LogP contribution in [0.4, 0.5) is 0 Å². The van der Waals surface area contributed by atoms with Crippen LogP contribution in [0.1, 0.15) is 11.1 Å². The van der Waals surface area contributed by atoms with Crippen molar-refractivity contribution < 1.29 is 18.9 Å². The summed E-state index contributed by atoms with van der Waals surface area (Å²) in [6, 6.07) is 15.9. The molecule has 0 N–H and O–H groups in total. The highest BCUT2D eigenvalue weighted by atomic mass is 35.5. The van der Waals surface area contributed by atoms with E-state index in [1.165, 1.54) is 0 Å². The Morgan fingerprint density at radius 2 is 1.72 bits per heavy atom. The van der Waals surface area contributed by atoms with Crippen molar-refractivity contribution in [1.82, 2.24) is 0 Å². The highest BCUT2D eigenvalue weighted by Crippen LogP contribution is 2.34. The summed E-state index contributed by atoms with van der Waals surface area (Å²) < 4.78 is 23.9. The number of halogens is 1. The average molecular weight is 361 g/mol. The second kappa shape index (κ2) is 7.34. The summed E-state index contributed by atoms with van der Waals surface area (Å²) in [7, 11) is 0. The lowest BCUT2D eigenvalue weighted by Crippen LogP contribution is -2.35. The van der Waals surface area contributed by atoms with Crippen molar-refractivity contribution in [2.45, 2.75) is 37.9 Å². The summed E-state index contributed by atoms with van der Waals surface area (Å²) >= 11 is 6.27. The smallest absolute Gasteiger partial charge is 0.151 e. The molecular weight excluding hydrogens is 340 g/mol. The molecule has 25 heavy (non-hydrogen) atoms. The van der Waals surface area contributed by atoms with Gasteiger partial charge in [0.25, 0.3) is 0 Å². The lowest BCUT2D eigenvalue weighted by atomic mass is 10.1. The highest BCUT2D eigenvalue weighted by Gasteiger charge is 2.49. The highest BCUT2D eigenvalue weighted by molar-refractivity contribution is 6.32. The minimum absolute atomic E-state index is 0.0766. The third-order valence-electron chi connectivity index (χ3n) is 4.64. The Morgan fingerprint density at radius 1 is 1.00 bits per heavy atom. The minimum atomic E-state index is -0.171. The van der Waals surface area contributed by atoms with Crippen molar-refractivity contribution in [2.24, 2.45) is 0 Å². The van der Waals surface area contributed by atoms with Crippen molar-refractivity contribution in [3.63, 3.8) is 0 Å². The van der Waals surface area contributed by atoms with Gasteiger partial charge in [0.15, 0.2) is 6.10 Å². The average Bonchev–Trinajstić information content (AvgIpc) is 3.19. The van der Waals surface area contributed by atoms with Gasteiger partial charge in [0.1, 0.15) is 24.1 Å². The molecule has 5 heteroatoms. The molecule has 0 bridgehead atoms. The number of ether oxygens (including phenoxy) is 4. The number of fused-ring (bicyclic) bond motifs is 1. The number of aryl methyl sites for hydroxylation is 1. The summed E-state index contributed by atoms with van der Waals surface area (Å²) in [5.74, 6) is 0.666. The summed E-state index contributed by atoms with van der Waals surface area (Å²) in [6.45, 7) is 3.55. The predicted molar refractivity (Wildman–Crippen MR) is 95.1 cm³/mol. The largest absolute Gasteiger partial charge is 0.484 e. The fourth-order valence-corrected chi connectivity index (χ4v) is 3.59. The molecule has 0 amide bonds. The van der Waals surface area contributed by atoms with Crippen LogP contribution in [0.2, 0.25) is 5.02 Å². The molecule has 4 nitrogen and oxygen atoms in total. The minimum Gasteiger partial charge on any atom is -0.484 e. The van der Waals surface area contributed by atoms with Gasteiger partial charge in [0, 0.05) is 0 Å². The van der Waals surface area contributed by atoms with Gasteiger partial charge in [-0.3, -0.25) is 0 Å². The van der Waals surface area contributed by atoms with Crippen LogP contribution in [0.25, 0.3) is 0 Å². The molecule has 2 aliphatic rings. The van der Waals surface area contributed by atoms with E-state index in [9.17, 15) is 0 Å². The van der Waals surface area contributed by atoms with E-state index < -0.39 is 0 Å². The van der Waals surface area contributed by atoms with Crippen LogP contribution in [-0.2, 0) is 20.8 Å². The molecule has 132 valence electrons. The van der Waals surface area contributed by atoms with E-state index in [0.29, 0.717) is 30.6 Å². The molecule has 2 aromatic carbocycles. The second-order valence-corrected chi connectivity index (χ2v) is 6.93.